The van der Waals surface area contributed by atoms with Gasteiger partial charge in [0.1, 0.15) is 12.7 Å². The monoisotopic (exact) mass is 290 g/mol. The third kappa shape index (κ3) is 2.37. The van der Waals surface area contributed by atoms with Crippen molar-refractivity contribution in [3.8, 4) is 0 Å². The van der Waals surface area contributed by atoms with Crippen LogP contribution in [0.4, 0.5) is 5.69 Å². The zero-order valence-electron chi connectivity index (χ0n) is 12.3. The molecule has 2 unspecified atom stereocenters. The number of hydrogen-bond donors (Lipinski definition) is 1. The van der Waals surface area contributed by atoms with Gasteiger partial charge in [0, 0.05) is 5.69 Å². The zero-order chi connectivity index (χ0) is 14.8. The van der Waals surface area contributed by atoms with Gasteiger partial charge in [0.05, 0.1) is 12.1 Å². The average molecular weight is 290 g/mol. The lowest BCUT2D eigenvalue weighted by Gasteiger charge is -2.18. The summed E-state index contributed by atoms with van der Waals surface area (Å²) in [5, 5.41) is 8.06. The molecule has 2 heterocycles. The van der Waals surface area contributed by atoms with E-state index < -0.39 is 0 Å². The Morgan fingerprint density at radius 3 is 2.59 bits per heavy atom. The lowest BCUT2D eigenvalue weighted by molar-refractivity contribution is 0.469. The first kappa shape index (κ1) is 13.1. The number of rotatable bonds is 2. The van der Waals surface area contributed by atoms with Crippen LogP contribution in [0.3, 0.4) is 0 Å². The highest BCUT2D eigenvalue weighted by molar-refractivity contribution is 5.55. The van der Waals surface area contributed by atoms with Crippen LogP contribution in [0, 0.1) is 0 Å². The van der Waals surface area contributed by atoms with Crippen LogP contribution in [0.25, 0.3) is 0 Å². The largest absolute Gasteiger partial charge is 0.378 e. The molecule has 1 aliphatic rings. The average Bonchev–Trinajstić information content (AvgIpc) is 3.03. The van der Waals surface area contributed by atoms with E-state index in [2.05, 4.69) is 70.0 Å². The Bertz CT molecular complexity index is 737. The first-order valence-corrected chi connectivity index (χ1v) is 7.66. The van der Waals surface area contributed by atoms with E-state index in [-0.39, 0.29) is 6.04 Å². The molecule has 2 aromatic carbocycles. The van der Waals surface area contributed by atoms with Crippen molar-refractivity contribution >= 4 is 5.69 Å². The van der Waals surface area contributed by atoms with Crippen LogP contribution in [-0.2, 0) is 0 Å². The summed E-state index contributed by atoms with van der Waals surface area (Å²) in [6.07, 6.45) is 5.51. The molecule has 0 amide bonds. The summed E-state index contributed by atoms with van der Waals surface area (Å²) in [6, 6.07) is 19.7. The van der Waals surface area contributed by atoms with Gasteiger partial charge in [0.25, 0.3) is 0 Å². The van der Waals surface area contributed by atoms with Crippen LogP contribution in [0.15, 0.2) is 67.3 Å². The molecule has 110 valence electrons. The molecule has 0 saturated carbocycles. The third-order valence-electron chi connectivity index (χ3n) is 4.34. The van der Waals surface area contributed by atoms with Gasteiger partial charge >= 0.3 is 0 Å². The summed E-state index contributed by atoms with van der Waals surface area (Å²) in [7, 11) is 0. The summed E-state index contributed by atoms with van der Waals surface area (Å²) in [4.78, 5) is 4.11. The molecular formula is C18H18N4. The van der Waals surface area contributed by atoms with Gasteiger partial charge in [-0.05, 0) is 30.0 Å². The fraction of sp³-hybridized carbons (Fsp3) is 0.222. The van der Waals surface area contributed by atoms with E-state index in [0.29, 0.717) is 6.04 Å². The van der Waals surface area contributed by atoms with Gasteiger partial charge < -0.3 is 5.32 Å². The summed E-state index contributed by atoms with van der Waals surface area (Å²) in [5.74, 6) is 0. The van der Waals surface area contributed by atoms with Crippen molar-refractivity contribution in [3.63, 3.8) is 0 Å². The summed E-state index contributed by atoms with van der Waals surface area (Å²) in [6.45, 7) is 0. The fourth-order valence-electron chi connectivity index (χ4n) is 3.25. The minimum atomic E-state index is 0.236. The van der Waals surface area contributed by atoms with Crippen molar-refractivity contribution in [2.24, 2.45) is 0 Å². The predicted octanol–water partition coefficient (Wildman–Crippen LogP) is 3.81. The number of benzene rings is 2. The summed E-state index contributed by atoms with van der Waals surface area (Å²) >= 11 is 0. The Morgan fingerprint density at radius 1 is 0.955 bits per heavy atom. The number of nitrogens with one attached hydrogen (secondary N) is 1. The van der Waals surface area contributed by atoms with Crippen LogP contribution in [0.1, 0.15) is 36.1 Å². The lowest BCUT2D eigenvalue weighted by Crippen LogP contribution is -2.10. The number of aromatic nitrogens is 3. The van der Waals surface area contributed by atoms with Crippen LogP contribution in [0.5, 0.6) is 0 Å². The number of anilines is 1. The second-order valence-electron chi connectivity index (χ2n) is 5.66. The molecule has 0 spiro atoms. The smallest absolute Gasteiger partial charge is 0.137 e. The molecule has 22 heavy (non-hydrogen) atoms. The van der Waals surface area contributed by atoms with E-state index >= 15 is 0 Å². The van der Waals surface area contributed by atoms with Crippen molar-refractivity contribution in [3.05, 3.63) is 78.4 Å². The van der Waals surface area contributed by atoms with Gasteiger partial charge in [0.15, 0.2) is 0 Å². The zero-order valence-corrected chi connectivity index (χ0v) is 12.3. The maximum atomic E-state index is 4.36. The van der Waals surface area contributed by atoms with E-state index in [1.165, 1.54) is 16.8 Å². The Morgan fingerprint density at radius 2 is 1.77 bits per heavy atom. The fourth-order valence-corrected chi connectivity index (χ4v) is 3.25. The molecule has 0 bridgehead atoms. The quantitative estimate of drug-likeness (QED) is 0.780. The predicted molar refractivity (Wildman–Crippen MR) is 86.6 cm³/mol. The maximum Gasteiger partial charge on any atom is 0.137 e. The topological polar surface area (TPSA) is 42.7 Å². The molecule has 1 N–H and O–H groups in total. The van der Waals surface area contributed by atoms with Crippen LogP contribution in [0.2, 0.25) is 0 Å². The van der Waals surface area contributed by atoms with Gasteiger partial charge in [-0.25, -0.2) is 9.67 Å². The van der Waals surface area contributed by atoms with Crippen molar-refractivity contribution in [2.75, 3.05) is 5.32 Å². The van der Waals surface area contributed by atoms with E-state index in [4.69, 9.17) is 0 Å². The van der Waals surface area contributed by atoms with Crippen molar-refractivity contribution < 1.29 is 0 Å². The summed E-state index contributed by atoms with van der Waals surface area (Å²) < 4.78 is 1.97. The molecule has 1 aromatic heterocycles. The highest BCUT2D eigenvalue weighted by atomic mass is 15.3. The number of nitrogens with zero attached hydrogens (tertiary/aromatic N) is 3. The normalized spacial score (nSPS) is 20.7. The first-order chi connectivity index (χ1) is 10.9. The molecule has 0 saturated heterocycles. The molecule has 0 fully saturated rings. The van der Waals surface area contributed by atoms with Gasteiger partial charge in [-0.15, -0.1) is 0 Å². The summed E-state index contributed by atoms with van der Waals surface area (Å²) in [5.41, 5.74) is 3.80. The molecule has 2 atom stereocenters. The Kier molecular flexibility index (Phi) is 3.35. The Balaban J connectivity index is 1.73. The standard InChI is InChI=1S/C18H18N4/c1-2-6-14(7-3-1)16-10-11-18(22-13-19-12-20-22)15-8-4-5-9-17(15)21-16/h1-9,12-13,16,18,21H,10-11H2. The van der Waals surface area contributed by atoms with E-state index in [0.717, 1.165) is 12.8 Å². The van der Waals surface area contributed by atoms with Crippen molar-refractivity contribution in [2.45, 2.75) is 24.9 Å². The molecule has 4 rings (SSSR count). The SMILES string of the molecule is c1ccc(C2CCC(n3cncn3)c3ccccc3N2)cc1. The van der Waals surface area contributed by atoms with Crippen LogP contribution < -0.4 is 5.32 Å². The molecule has 0 aliphatic carbocycles. The van der Waals surface area contributed by atoms with Crippen molar-refractivity contribution in [1.29, 1.82) is 0 Å². The minimum absolute atomic E-state index is 0.236. The van der Waals surface area contributed by atoms with Gasteiger partial charge in [-0.3, -0.25) is 0 Å². The van der Waals surface area contributed by atoms with Crippen molar-refractivity contribution in [1.82, 2.24) is 14.8 Å². The minimum Gasteiger partial charge on any atom is -0.378 e. The van der Waals surface area contributed by atoms with E-state index in [1.807, 2.05) is 11.0 Å². The second kappa shape index (κ2) is 5.64. The number of fused-ring (bicyclic) bond motifs is 1. The van der Waals surface area contributed by atoms with Gasteiger partial charge in [-0.2, -0.15) is 5.10 Å². The highest BCUT2D eigenvalue weighted by Crippen LogP contribution is 2.37. The first-order valence-electron chi connectivity index (χ1n) is 7.66. The molecule has 4 heteroatoms. The molecule has 4 nitrogen and oxygen atoms in total. The van der Waals surface area contributed by atoms with Gasteiger partial charge in [-0.1, -0.05) is 48.5 Å². The van der Waals surface area contributed by atoms with E-state index in [9.17, 15) is 0 Å². The molecule has 3 aromatic rings. The highest BCUT2D eigenvalue weighted by Gasteiger charge is 2.25. The molecule has 0 radical (unpaired) electrons. The van der Waals surface area contributed by atoms with Crippen LogP contribution >= 0.6 is 0 Å². The lowest BCUT2D eigenvalue weighted by atomic mass is 9.99. The van der Waals surface area contributed by atoms with Crippen LogP contribution in [-0.4, -0.2) is 14.8 Å². The Labute approximate surface area is 129 Å². The van der Waals surface area contributed by atoms with E-state index in [1.54, 1.807) is 6.33 Å². The number of para-hydroxylation sites is 1. The Hall–Kier alpha value is -2.62. The van der Waals surface area contributed by atoms with Gasteiger partial charge in [0.2, 0.25) is 0 Å². The molecule has 1 aliphatic heterocycles. The third-order valence-corrected chi connectivity index (χ3v) is 4.34. The second-order valence-corrected chi connectivity index (χ2v) is 5.66. The number of hydrogen-bond acceptors (Lipinski definition) is 3. The molecular weight excluding hydrogens is 272 g/mol. The maximum absolute atomic E-state index is 4.36.